The molecule has 0 saturated carbocycles. The van der Waals surface area contributed by atoms with Gasteiger partial charge in [0.1, 0.15) is 5.82 Å². The number of halogens is 3. The van der Waals surface area contributed by atoms with Gasteiger partial charge in [0, 0.05) is 36.8 Å². The van der Waals surface area contributed by atoms with E-state index >= 15 is 0 Å². The first kappa shape index (κ1) is 21.5. The van der Waals surface area contributed by atoms with Gasteiger partial charge in [-0.25, -0.2) is 4.39 Å². The van der Waals surface area contributed by atoms with E-state index in [1.54, 1.807) is 7.05 Å². The molecule has 2 N–H and O–H groups in total. The number of anilines is 3. The van der Waals surface area contributed by atoms with Crippen LogP contribution in [0.3, 0.4) is 0 Å². The van der Waals surface area contributed by atoms with Gasteiger partial charge < -0.3 is 15.0 Å². The van der Waals surface area contributed by atoms with Crippen LogP contribution in [-0.2, 0) is 18.3 Å². The predicted octanol–water partition coefficient (Wildman–Crippen LogP) is 3.12. The second-order valence-electron chi connectivity index (χ2n) is 6.18. The second kappa shape index (κ2) is 9.10. The van der Waals surface area contributed by atoms with Crippen LogP contribution in [0.4, 0.5) is 21.7 Å². The van der Waals surface area contributed by atoms with Crippen LogP contribution in [-0.4, -0.2) is 27.8 Å². The number of hydrogen-bond donors (Lipinski definition) is 1. The lowest BCUT2D eigenvalue weighted by Gasteiger charge is -2.18. The molecule has 11 heteroatoms. The molecule has 8 nitrogen and oxygen atoms in total. The minimum absolute atomic E-state index is 0.00139. The van der Waals surface area contributed by atoms with Crippen molar-refractivity contribution in [1.29, 1.82) is 0 Å². The highest BCUT2D eigenvalue weighted by Crippen LogP contribution is 2.29. The van der Waals surface area contributed by atoms with Crippen molar-refractivity contribution in [2.75, 3.05) is 17.2 Å². The Labute approximate surface area is 180 Å². The number of nitrogens with two attached hydrogens (primary N) is 1. The van der Waals surface area contributed by atoms with Crippen LogP contribution in [0.15, 0.2) is 41.3 Å². The molecule has 3 rings (SSSR count). The normalized spacial score (nSPS) is 10.7. The van der Waals surface area contributed by atoms with Crippen molar-refractivity contribution >= 4 is 46.9 Å². The second-order valence-corrected chi connectivity index (χ2v) is 6.97. The summed E-state index contributed by atoms with van der Waals surface area (Å²) in [6.45, 7) is 0.0686. The molecule has 30 heavy (non-hydrogen) atoms. The lowest BCUT2D eigenvalue weighted by atomic mass is 10.1. The summed E-state index contributed by atoms with van der Waals surface area (Å²) < 4.78 is 20.6. The summed E-state index contributed by atoms with van der Waals surface area (Å²) in [7, 11) is 1.56. The molecule has 0 radical (unpaired) electrons. The largest absolute Gasteiger partial charge is 0.489 e. The molecule has 1 amide bonds. The predicted molar refractivity (Wildman–Crippen MR) is 112 cm³/mol. The van der Waals surface area contributed by atoms with E-state index in [-0.39, 0.29) is 41.0 Å². The number of ether oxygens (including phenoxy) is 1. The fourth-order valence-electron chi connectivity index (χ4n) is 2.64. The zero-order valence-corrected chi connectivity index (χ0v) is 17.2. The molecular weight excluding hydrogens is 436 g/mol. The maximum atomic E-state index is 13.6. The summed E-state index contributed by atoms with van der Waals surface area (Å²) in [5.41, 5.74) is 6.38. The van der Waals surface area contributed by atoms with E-state index < -0.39 is 5.82 Å². The van der Waals surface area contributed by atoms with Gasteiger partial charge in [0.25, 0.3) is 0 Å². The molecule has 0 fully saturated rings. The molecule has 0 unspecified atom stereocenters. The van der Waals surface area contributed by atoms with Gasteiger partial charge in [0.2, 0.25) is 12.0 Å². The summed E-state index contributed by atoms with van der Waals surface area (Å²) in [4.78, 5) is 24.4. The van der Waals surface area contributed by atoms with E-state index in [0.717, 1.165) is 0 Å². The Balaban J connectivity index is 1.81. The van der Waals surface area contributed by atoms with Gasteiger partial charge in [-0.15, -0.1) is 10.2 Å². The fourth-order valence-corrected chi connectivity index (χ4v) is 3.20. The van der Waals surface area contributed by atoms with Crippen LogP contribution in [0.2, 0.25) is 10.0 Å². The number of carbonyl (C=O) groups is 1. The van der Waals surface area contributed by atoms with Crippen molar-refractivity contribution in [3.63, 3.8) is 0 Å². The molecule has 0 spiro atoms. The van der Waals surface area contributed by atoms with E-state index in [1.807, 2.05) is 0 Å². The molecule has 0 aliphatic carbocycles. The number of benzene rings is 1. The Kier molecular flexibility index (Phi) is 6.53. The number of amides is 1. The van der Waals surface area contributed by atoms with Crippen LogP contribution in [0.25, 0.3) is 0 Å². The summed E-state index contributed by atoms with van der Waals surface area (Å²) in [6, 6.07) is 6.81. The van der Waals surface area contributed by atoms with E-state index in [0.29, 0.717) is 22.7 Å². The Bertz CT molecular complexity index is 1160. The van der Waals surface area contributed by atoms with Crippen molar-refractivity contribution < 1.29 is 13.9 Å². The number of aryl methyl sites for hydroxylation is 1. The summed E-state index contributed by atoms with van der Waals surface area (Å²) in [6.07, 6.45) is 2.21. The highest BCUT2D eigenvalue weighted by Gasteiger charge is 2.16. The maximum absolute atomic E-state index is 13.6. The molecule has 0 bridgehead atoms. The highest BCUT2D eigenvalue weighted by molar-refractivity contribution is 6.36. The molecule has 2 heterocycles. The number of aromatic nitrogens is 3. The topological polar surface area (TPSA) is 103 Å². The fraction of sp³-hybridized carbons (Fsp3) is 0.158. The Morgan fingerprint density at radius 2 is 2.03 bits per heavy atom. The van der Waals surface area contributed by atoms with Gasteiger partial charge in [0.05, 0.1) is 17.3 Å². The van der Waals surface area contributed by atoms with Crippen LogP contribution in [0.1, 0.15) is 5.56 Å². The SMILES string of the molecule is Cn1cc(N(C=O)c2cc(OCCc3c(Cl)ccc(F)c3Cl)c(N)nn2)ccc1=O. The first-order chi connectivity index (χ1) is 14.3. The van der Waals surface area contributed by atoms with Crippen LogP contribution in [0, 0.1) is 5.82 Å². The van der Waals surface area contributed by atoms with E-state index in [4.69, 9.17) is 33.7 Å². The van der Waals surface area contributed by atoms with Gasteiger partial charge >= 0.3 is 0 Å². The number of nitrogen functional groups attached to an aromatic ring is 1. The summed E-state index contributed by atoms with van der Waals surface area (Å²) in [5, 5.41) is 7.95. The van der Waals surface area contributed by atoms with E-state index in [2.05, 4.69) is 10.2 Å². The average Bonchev–Trinajstić information content (AvgIpc) is 2.72. The van der Waals surface area contributed by atoms with Gasteiger partial charge in [-0.3, -0.25) is 14.5 Å². The number of rotatable bonds is 7. The quantitative estimate of drug-likeness (QED) is 0.437. The molecule has 1 aromatic carbocycles. The smallest absolute Gasteiger partial charge is 0.250 e. The Morgan fingerprint density at radius 3 is 2.73 bits per heavy atom. The molecule has 3 aromatic rings. The van der Waals surface area contributed by atoms with Crippen molar-refractivity contribution in [3.05, 3.63) is 68.3 Å². The minimum atomic E-state index is -0.581. The standard InChI is InChI=1S/C19H16Cl2FN5O3/c1-26-9-11(2-5-17(26)29)27(10-28)16-8-15(19(23)25-24-16)30-7-6-12-13(20)3-4-14(22)18(12)21/h2-5,8-10H,6-7H2,1H3,(H2,23,25). The van der Waals surface area contributed by atoms with Crippen LogP contribution >= 0.6 is 23.2 Å². The maximum Gasteiger partial charge on any atom is 0.250 e. The third-order valence-electron chi connectivity index (χ3n) is 4.22. The van der Waals surface area contributed by atoms with Crippen molar-refractivity contribution in [1.82, 2.24) is 14.8 Å². The van der Waals surface area contributed by atoms with Gasteiger partial charge in [0.15, 0.2) is 17.4 Å². The third kappa shape index (κ3) is 4.52. The Morgan fingerprint density at radius 1 is 1.27 bits per heavy atom. The number of nitrogens with zero attached hydrogens (tertiary/aromatic N) is 4. The first-order valence-corrected chi connectivity index (χ1v) is 9.37. The summed E-state index contributed by atoms with van der Waals surface area (Å²) in [5.74, 6) is -0.279. The van der Waals surface area contributed by atoms with E-state index in [1.165, 1.54) is 46.0 Å². The van der Waals surface area contributed by atoms with Crippen LogP contribution in [0.5, 0.6) is 5.75 Å². The van der Waals surface area contributed by atoms with Crippen molar-refractivity contribution in [2.24, 2.45) is 7.05 Å². The van der Waals surface area contributed by atoms with Crippen molar-refractivity contribution in [3.8, 4) is 5.75 Å². The van der Waals surface area contributed by atoms with Crippen molar-refractivity contribution in [2.45, 2.75) is 6.42 Å². The molecular formula is C19H16Cl2FN5O3. The van der Waals surface area contributed by atoms with Gasteiger partial charge in [-0.2, -0.15) is 0 Å². The molecule has 0 aliphatic heterocycles. The summed E-state index contributed by atoms with van der Waals surface area (Å²) >= 11 is 12.0. The molecule has 2 aromatic heterocycles. The van der Waals surface area contributed by atoms with Gasteiger partial charge in [-0.1, -0.05) is 23.2 Å². The third-order valence-corrected chi connectivity index (χ3v) is 4.98. The number of hydrogen-bond acceptors (Lipinski definition) is 6. The zero-order chi connectivity index (χ0) is 21.8. The lowest BCUT2D eigenvalue weighted by Crippen LogP contribution is -2.21. The number of carbonyl (C=O) groups excluding carboxylic acids is 1. The molecule has 0 atom stereocenters. The van der Waals surface area contributed by atoms with Crippen LogP contribution < -0.4 is 20.9 Å². The molecule has 156 valence electrons. The first-order valence-electron chi connectivity index (χ1n) is 8.61. The van der Waals surface area contributed by atoms with Gasteiger partial charge in [-0.05, 0) is 23.8 Å². The lowest BCUT2D eigenvalue weighted by molar-refractivity contribution is -0.106. The highest BCUT2D eigenvalue weighted by atomic mass is 35.5. The monoisotopic (exact) mass is 451 g/mol. The molecule has 0 aliphatic rings. The Hall–Kier alpha value is -3.17. The van der Waals surface area contributed by atoms with E-state index in [9.17, 15) is 14.0 Å². The average molecular weight is 452 g/mol. The zero-order valence-electron chi connectivity index (χ0n) is 15.7. The number of pyridine rings is 1. The molecule has 0 saturated heterocycles. The minimum Gasteiger partial charge on any atom is -0.489 e.